The zero-order chi connectivity index (χ0) is 24.5. The molecule has 5 N–H and O–H groups in total. The van der Waals surface area contributed by atoms with Crippen LogP contribution in [0.25, 0.3) is 56.0 Å². The van der Waals surface area contributed by atoms with Gasteiger partial charge in [0.25, 0.3) is 0 Å². The molecule has 0 saturated carbocycles. The molecule has 0 saturated heterocycles. The second-order valence-electron chi connectivity index (χ2n) is 8.70. The summed E-state index contributed by atoms with van der Waals surface area (Å²) in [7, 11) is 0. The molecule has 36 heavy (non-hydrogen) atoms. The Morgan fingerprint density at radius 3 is 1.69 bits per heavy atom. The maximum absolute atomic E-state index is 9.55. The number of aromatic hydroxyl groups is 1. The van der Waals surface area contributed by atoms with Crippen molar-refractivity contribution in [3.8, 4) is 45.4 Å². The molecule has 0 aliphatic carbocycles. The zero-order valence-corrected chi connectivity index (χ0v) is 19.5. The number of rotatable bonds is 7. The van der Waals surface area contributed by atoms with Crippen molar-refractivity contribution in [3.63, 3.8) is 0 Å². The van der Waals surface area contributed by atoms with Gasteiger partial charge < -0.3 is 25.5 Å². The Bertz CT molecular complexity index is 1650. The smallest absolute Gasteiger partial charge is 0.138 e. The molecule has 0 aliphatic heterocycles. The van der Waals surface area contributed by atoms with Crippen molar-refractivity contribution < 1.29 is 9.84 Å². The van der Waals surface area contributed by atoms with Crippen LogP contribution in [0.2, 0.25) is 0 Å². The third-order valence-electron chi connectivity index (χ3n) is 6.19. The molecule has 0 unspecified atom stereocenters. The van der Waals surface area contributed by atoms with Gasteiger partial charge in [0.2, 0.25) is 0 Å². The number of nitrogens with two attached hydrogens (primary N) is 1. The van der Waals surface area contributed by atoms with Crippen LogP contribution in [0.1, 0.15) is 6.42 Å². The van der Waals surface area contributed by atoms with E-state index in [0.717, 1.165) is 68.1 Å². The van der Waals surface area contributed by atoms with Crippen molar-refractivity contribution in [2.24, 2.45) is 5.73 Å². The molecule has 0 bridgehead atoms. The van der Waals surface area contributed by atoms with Crippen LogP contribution in [0.4, 0.5) is 0 Å². The van der Waals surface area contributed by atoms with E-state index in [4.69, 9.17) is 20.4 Å². The van der Waals surface area contributed by atoms with E-state index in [0.29, 0.717) is 13.2 Å². The summed E-state index contributed by atoms with van der Waals surface area (Å²) in [5.74, 6) is 2.65. The molecule has 0 fully saturated rings. The maximum atomic E-state index is 9.55. The highest BCUT2D eigenvalue weighted by atomic mass is 16.5. The van der Waals surface area contributed by atoms with Crippen LogP contribution in [0.15, 0.2) is 84.9 Å². The molecule has 0 amide bonds. The number of hydrogen-bond donors (Lipinski definition) is 4. The van der Waals surface area contributed by atoms with E-state index in [1.165, 1.54) is 0 Å². The number of imidazole rings is 2. The monoisotopic (exact) mass is 475 g/mol. The van der Waals surface area contributed by atoms with E-state index in [1.54, 1.807) is 12.1 Å². The number of ether oxygens (including phenoxy) is 1. The first-order valence-electron chi connectivity index (χ1n) is 11.9. The number of hydrogen-bond acceptors (Lipinski definition) is 5. The Balaban J connectivity index is 1.27. The van der Waals surface area contributed by atoms with E-state index in [1.807, 2.05) is 42.5 Å². The highest BCUT2D eigenvalue weighted by Gasteiger charge is 2.10. The molecule has 6 aromatic rings. The van der Waals surface area contributed by atoms with E-state index < -0.39 is 0 Å². The summed E-state index contributed by atoms with van der Waals surface area (Å²) in [5, 5.41) is 9.55. The fraction of sp³-hybridized carbons (Fsp3) is 0.103. The summed E-state index contributed by atoms with van der Waals surface area (Å²) in [5.41, 5.74) is 13.3. The van der Waals surface area contributed by atoms with Gasteiger partial charge >= 0.3 is 0 Å². The Morgan fingerprint density at radius 2 is 1.17 bits per heavy atom. The second-order valence-corrected chi connectivity index (χ2v) is 8.70. The minimum absolute atomic E-state index is 0.235. The number of fused-ring (bicyclic) bond motifs is 2. The molecule has 2 aromatic heterocycles. The Hall–Kier alpha value is -4.62. The molecule has 6 rings (SSSR count). The van der Waals surface area contributed by atoms with Crippen LogP contribution in [-0.4, -0.2) is 38.2 Å². The molecular weight excluding hydrogens is 450 g/mol. The number of H-pyrrole nitrogens is 2. The van der Waals surface area contributed by atoms with Crippen LogP contribution in [0.5, 0.6) is 11.5 Å². The summed E-state index contributed by atoms with van der Waals surface area (Å²) >= 11 is 0. The van der Waals surface area contributed by atoms with Crippen molar-refractivity contribution in [2.75, 3.05) is 13.2 Å². The van der Waals surface area contributed by atoms with Gasteiger partial charge in [0.05, 0.1) is 28.7 Å². The standard InChI is InChI=1S/C29H25N5O2/c30-14-1-15-36-23-10-4-19(5-11-23)29-32-25-13-7-21(17-27(25)34-29)20-6-12-24-26(16-20)33-28(31-24)18-2-8-22(35)9-3-18/h2-13,16-17,35H,1,14-15,30H2,(H,31,33)(H,32,34). The lowest BCUT2D eigenvalue weighted by Crippen LogP contribution is -2.05. The SMILES string of the molecule is NCCCOc1ccc(-c2nc3cc(-c4ccc5[nH]c(-c6ccc(O)cc6)nc5c4)ccc3[nH]2)cc1. The molecule has 4 aromatic carbocycles. The van der Waals surface area contributed by atoms with Gasteiger partial charge in [-0.1, -0.05) is 12.1 Å². The van der Waals surface area contributed by atoms with Gasteiger partial charge in [0.1, 0.15) is 23.1 Å². The predicted octanol–water partition coefficient (Wildman–Crippen LogP) is 5.87. The lowest BCUT2D eigenvalue weighted by molar-refractivity contribution is 0.313. The largest absolute Gasteiger partial charge is 0.508 e. The third-order valence-corrected chi connectivity index (χ3v) is 6.19. The summed E-state index contributed by atoms with van der Waals surface area (Å²) in [6.45, 7) is 1.24. The summed E-state index contributed by atoms with van der Waals surface area (Å²) in [4.78, 5) is 16.4. The first kappa shape index (κ1) is 21.9. The van der Waals surface area contributed by atoms with Gasteiger partial charge in [0.15, 0.2) is 0 Å². The molecule has 7 heteroatoms. The number of aromatic nitrogens is 4. The molecule has 0 atom stereocenters. The minimum Gasteiger partial charge on any atom is -0.508 e. The third kappa shape index (κ3) is 4.28. The zero-order valence-electron chi connectivity index (χ0n) is 19.5. The normalized spacial score (nSPS) is 11.4. The lowest BCUT2D eigenvalue weighted by atomic mass is 10.0. The molecular formula is C29H25N5O2. The van der Waals surface area contributed by atoms with Gasteiger partial charge in [0, 0.05) is 11.1 Å². The van der Waals surface area contributed by atoms with Crippen LogP contribution >= 0.6 is 0 Å². The summed E-state index contributed by atoms with van der Waals surface area (Å²) in [6.07, 6.45) is 0.834. The Labute approximate surface area is 207 Å². The molecule has 7 nitrogen and oxygen atoms in total. The quantitative estimate of drug-likeness (QED) is 0.216. The van der Waals surface area contributed by atoms with E-state index >= 15 is 0 Å². The van der Waals surface area contributed by atoms with Crippen LogP contribution < -0.4 is 10.5 Å². The number of nitrogens with zero attached hydrogens (tertiary/aromatic N) is 2. The fourth-order valence-electron chi connectivity index (χ4n) is 4.25. The average molecular weight is 476 g/mol. The minimum atomic E-state index is 0.235. The van der Waals surface area contributed by atoms with Crippen molar-refractivity contribution in [1.82, 2.24) is 19.9 Å². The number of phenolic OH excluding ortho intramolecular Hbond substituents is 1. The number of benzene rings is 4. The topological polar surface area (TPSA) is 113 Å². The Kier molecular flexibility index (Phi) is 5.59. The van der Waals surface area contributed by atoms with Gasteiger partial charge in [-0.25, -0.2) is 9.97 Å². The number of aromatic amines is 2. The summed E-state index contributed by atoms with van der Waals surface area (Å²) < 4.78 is 5.69. The van der Waals surface area contributed by atoms with E-state index in [9.17, 15) is 5.11 Å². The van der Waals surface area contributed by atoms with Crippen LogP contribution in [-0.2, 0) is 0 Å². The van der Waals surface area contributed by atoms with Crippen molar-refractivity contribution in [2.45, 2.75) is 6.42 Å². The highest BCUT2D eigenvalue weighted by molar-refractivity contribution is 5.88. The van der Waals surface area contributed by atoms with E-state index in [-0.39, 0.29) is 5.75 Å². The fourth-order valence-corrected chi connectivity index (χ4v) is 4.25. The first-order chi connectivity index (χ1) is 17.7. The second kappa shape index (κ2) is 9.20. The summed E-state index contributed by atoms with van der Waals surface area (Å²) in [6, 6.07) is 27.4. The lowest BCUT2D eigenvalue weighted by Gasteiger charge is -2.05. The van der Waals surface area contributed by atoms with Crippen molar-refractivity contribution in [1.29, 1.82) is 0 Å². The maximum Gasteiger partial charge on any atom is 0.138 e. The highest BCUT2D eigenvalue weighted by Crippen LogP contribution is 2.30. The molecule has 0 radical (unpaired) electrons. The first-order valence-corrected chi connectivity index (χ1v) is 11.9. The predicted molar refractivity (Wildman–Crippen MR) is 143 cm³/mol. The van der Waals surface area contributed by atoms with Crippen molar-refractivity contribution >= 4 is 22.1 Å². The van der Waals surface area contributed by atoms with E-state index in [2.05, 4.69) is 40.3 Å². The molecule has 0 spiro atoms. The van der Waals surface area contributed by atoms with Gasteiger partial charge in [-0.15, -0.1) is 0 Å². The average Bonchev–Trinajstić information content (AvgIpc) is 3.53. The van der Waals surface area contributed by atoms with Crippen LogP contribution in [0, 0.1) is 0 Å². The van der Waals surface area contributed by atoms with Crippen molar-refractivity contribution in [3.05, 3.63) is 84.9 Å². The van der Waals surface area contributed by atoms with Gasteiger partial charge in [-0.2, -0.15) is 0 Å². The van der Waals surface area contributed by atoms with Gasteiger partial charge in [-0.3, -0.25) is 0 Å². The Morgan fingerprint density at radius 1 is 0.667 bits per heavy atom. The molecule has 0 aliphatic rings. The van der Waals surface area contributed by atoms with Gasteiger partial charge in [-0.05, 0) is 96.9 Å². The number of nitrogens with one attached hydrogen (secondary N) is 2. The number of phenols is 1. The van der Waals surface area contributed by atoms with Crippen LogP contribution in [0.3, 0.4) is 0 Å². The molecule has 178 valence electrons. The molecule has 2 heterocycles.